The van der Waals surface area contributed by atoms with E-state index >= 15 is 0 Å². The van der Waals surface area contributed by atoms with Crippen LogP contribution in [0.25, 0.3) is 0 Å². The number of nitrogens with one attached hydrogen (secondary N) is 4. The first-order valence-corrected chi connectivity index (χ1v) is 21.5. The van der Waals surface area contributed by atoms with Crippen LogP contribution in [0.5, 0.6) is 0 Å². The molecule has 0 saturated carbocycles. The molecule has 0 aromatic heterocycles. The molecule has 2 bridgehead atoms. The van der Waals surface area contributed by atoms with Gasteiger partial charge in [-0.1, -0.05) is 76.9 Å². The third-order valence-electron chi connectivity index (χ3n) is 11.9. The SMILES string of the molecule is C=CC(C)(C)OCC1NC(=O)NC(C(C)CC)C(=O)C2CCCN2C(=O)C(C(C)CC)NC(=O)C2CSC(=N2)C2CCCN2C(=O)C(Cc2ccccc2)NC1=O. The summed E-state index contributed by atoms with van der Waals surface area (Å²) in [4.78, 5) is 93.6. The van der Waals surface area contributed by atoms with Gasteiger partial charge in [-0.3, -0.25) is 29.0 Å². The van der Waals surface area contributed by atoms with E-state index in [1.165, 1.54) is 11.8 Å². The number of carbonyl (C=O) groups is 6. The zero-order valence-corrected chi connectivity index (χ0v) is 35.1. The summed E-state index contributed by atoms with van der Waals surface area (Å²) in [5.74, 6) is -2.16. The number of benzene rings is 1. The van der Waals surface area contributed by atoms with Crippen molar-refractivity contribution in [3.8, 4) is 0 Å². The molecule has 0 radical (unpaired) electrons. The first-order chi connectivity index (χ1) is 27.2. The summed E-state index contributed by atoms with van der Waals surface area (Å²) < 4.78 is 6.05. The fourth-order valence-corrected chi connectivity index (χ4v) is 8.97. The molecule has 312 valence electrons. The zero-order chi connectivity index (χ0) is 41.4. The van der Waals surface area contributed by atoms with Gasteiger partial charge in [0, 0.05) is 25.3 Å². The Morgan fingerprint density at radius 2 is 1.47 bits per heavy atom. The highest BCUT2D eigenvalue weighted by molar-refractivity contribution is 8.14. The van der Waals surface area contributed by atoms with E-state index in [4.69, 9.17) is 9.73 Å². The third kappa shape index (κ3) is 10.6. The van der Waals surface area contributed by atoms with E-state index in [1.807, 2.05) is 58.0 Å². The highest BCUT2D eigenvalue weighted by Gasteiger charge is 2.45. The Morgan fingerprint density at radius 1 is 0.842 bits per heavy atom. The summed E-state index contributed by atoms with van der Waals surface area (Å²) in [7, 11) is 0. The van der Waals surface area contributed by atoms with Gasteiger partial charge in [-0.2, -0.15) is 0 Å². The van der Waals surface area contributed by atoms with E-state index in [0.717, 1.165) is 5.56 Å². The van der Waals surface area contributed by atoms with Crippen LogP contribution in [0.3, 0.4) is 0 Å². The zero-order valence-electron chi connectivity index (χ0n) is 34.3. The van der Waals surface area contributed by atoms with Crippen LogP contribution in [0.4, 0.5) is 4.79 Å². The normalized spacial score (nSPS) is 29.2. The van der Waals surface area contributed by atoms with Crippen molar-refractivity contribution in [3.05, 3.63) is 48.6 Å². The molecular formula is C42H61N7O7S. The minimum Gasteiger partial charge on any atom is -0.369 e. The molecule has 6 amide bonds. The average molecular weight is 808 g/mol. The lowest BCUT2D eigenvalue weighted by molar-refractivity contribution is -0.142. The van der Waals surface area contributed by atoms with Gasteiger partial charge in [-0.15, -0.1) is 18.3 Å². The summed E-state index contributed by atoms with van der Waals surface area (Å²) in [6.07, 6.45) is 5.29. The Kier molecular flexibility index (Phi) is 15.0. The van der Waals surface area contributed by atoms with Gasteiger partial charge in [0.2, 0.25) is 23.6 Å². The molecule has 2 fully saturated rings. The number of ketones is 1. The van der Waals surface area contributed by atoms with Crippen LogP contribution >= 0.6 is 11.8 Å². The maximum Gasteiger partial charge on any atom is 0.316 e. The molecule has 0 aliphatic carbocycles. The van der Waals surface area contributed by atoms with Gasteiger partial charge >= 0.3 is 6.03 Å². The minimum atomic E-state index is -1.26. The van der Waals surface area contributed by atoms with Gasteiger partial charge in [0.25, 0.3) is 0 Å². The number of rotatable bonds is 10. The van der Waals surface area contributed by atoms with E-state index in [2.05, 4.69) is 27.8 Å². The molecule has 9 unspecified atom stereocenters. The molecule has 4 aliphatic rings. The third-order valence-corrected chi connectivity index (χ3v) is 13.0. The maximum absolute atomic E-state index is 14.6. The van der Waals surface area contributed by atoms with Gasteiger partial charge in [-0.05, 0) is 56.9 Å². The predicted octanol–water partition coefficient (Wildman–Crippen LogP) is 3.39. The highest BCUT2D eigenvalue weighted by Crippen LogP contribution is 2.31. The van der Waals surface area contributed by atoms with Crippen molar-refractivity contribution in [2.45, 2.75) is 134 Å². The molecule has 0 spiro atoms. The summed E-state index contributed by atoms with van der Waals surface area (Å²) in [5, 5.41) is 12.2. The molecule has 2 saturated heterocycles. The number of fused-ring (bicyclic) bond motifs is 4. The van der Waals surface area contributed by atoms with Crippen molar-refractivity contribution in [3.63, 3.8) is 0 Å². The van der Waals surface area contributed by atoms with Gasteiger partial charge in [0.15, 0.2) is 5.78 Å². The summed E-state index contributed by atoms with van der Waals surface area (Å²) >= 11 is 1.43. The lowest BCUT2D eigenvalue weighted by Crippen LogP contribution is -2.61. The summed E-state index contributed by atoms with van der Waals surface area (Å²) in [6.45, 7) is 15.5. The molecule has 5 rings (SSSR count). The molecule has 4 aliphatic heterocycles. The standard InChI is InChI=1S/C42H61N7O7S/c1-8-25(4)33-35(50)31-18-14-20-48(31)40(54)34(26(5)9-2)46-37(52)30-24-57-38(44-30)32-19-15-21-49(32)39(53)28(22-27-16-12-11-13-17-27)43-36(51)29(45-41(55)47-33)23-56-42(6,7)10-3/h10-13,16-17,25-26,28-34H,3,8-9,14-15,18-24H2,1-2,4-7H3,(H,43,51)(H,46,52)(H2,45,47,55). The van der Waals surface area contributed by atoms with Crippen LogP contribution in [0, 0.1) is 11.8 Å². The highest BCUT2D eigenvalue weighted by atomic mass is 32.2. The molecule has 9 atom stereocenters. The van der Waals surface area contributed by atoms with E-state index in [9.17, 15) is 28.8 Å². The van der Waals surface area contributed by atoms with Gasteiger partial charge in [-0.25, -0.2) is 4.79 Å². The van der Waals surface area contributed by atoms with Gasteiger partial charge in [0.1, 0.15) is 24.2 Å². The monoisotopic (exact) mass is 807 g/mol. The minimum absolute atomic E-state index is 0.185. The molecule has 1 aromatic carbocycles. The second-order valence-corrected chi connectivity index (χ2v) is 17.4. The van der Waals surface area contributed by atoms with Crippen LogP contribution in [0.2, 0.25) is 0 Å². The number of carbonyl (C=O) groups excluding carboxylic acids is 6. The first kappa shape index (κ1) is 43.9. The van der Waals surface area contributed by atoms with Crippen molar-refractivity contribution < 1.29 is 33.5 Å². The lowest BCUT2D eigenvalue weighted by Gasteiger charge is -2.34. The van der Waals surface area contributed by atoms with Crippen LogP contribution < -0.4 is 21.3 Å². The van der Waals surface area contributed by atoms with Crippen molar-refractivity contribution in [2.75, 3.05) is 25.4 Å². The number of aliphatic imine (C=N–C) groups is 1. The van der Waals surface area contributed by atoms with E-state index in [1.54, 1.807) is 29.7 Å². The molecular weight excluding hydrogens is 747 g/mol. The second kappa shape index (κ2) is 19.5. The number of hydrogen-bond donors (Lipinski definition) is 4. The van der Waals surface area contributed by atoms with Crippen LogP contribution in [-0.4, -0.2) is 124 Å². The Labute approximate surface area is 341 Å². The Balaban J connectivity index is 1.56. The van der Waals surface area contributed by atoms with Crippen LogP contribution in [-0.2, 0) is 35.1 Å². The Hall–Kier alpha value is -4.24. The fourth-order valence-electron chi connectivity index (χ4n) is 7.77. The topological polar surface area (TPSA) is 179 Å². The van der Waals surface area contributed by atoms with Gasteiger partial charge < -0.3 is 35.8 Å². The molecule has 14 nitrogen and oxygen atoms in total. The number of urea groups is 1. The number of amides is 6. The fraction of sp³-hybridized carbons (Fsp3) is 0.643. The lowest BCUT2D eigenvalue weighted by atomic mass is 9.90. The molecule has 4 heterocycles. The predicted molar refractivity (Wildman–Crippen MR) is 221 cm³/mol. The molecule has 57 heavy (non-hydrogen) atoms. The number of nitrogens with zero attached hydrogens (tertiary/aromatic N) is 3. The van der Waals surface area contributed by atoms with E-state index in [-0.39, 0.29) is 54.4 Å². The number of hydrogen-bond acceptors (Lipinski definition) is 9. The number of Topliss-reactive ketones (excluding diaryl/α,β-unsaturated/α-hetero) is 1. The smallest absolute Gasteiger partial charge is 0.316 e. The van der Waals surface area contributed by atoms with Crippen molar-refractivity contribution in [2.24, 2.45) is 16.8 Å². The van der Waals surface area contributed by atoms with Crippen molar-refractivity contribution in [1.29, 1.82) is 0 Å². The quantitative estimate of drug-likeness (QED) is 0.260. The molecule has 1 aromatic rings. The van der Waals surface area contributed by atoms with E-state index in [0.29, 0.717) is 62.4 Å². The van der Waals surface area contributed by atoms with Crippen LogP contribution in [0.15, 0.2) is 48.0 Å². The van der Waals surface area contributed by atoms with Crippen molar-refractivity contribution in [1.82, 2.24) is 31.1 Å². The largest absolute Gasteiger partial charge is 0.369 e. The number of ether oxygens (including phenoxy) is 1. The average Bonchev–Trinajstić information content (AvgIpc) is 4.01. The first-order valence-electron chi connectivity index (χ1n) is 20.5. The van der Waals surface area contributed by atoms with Crippen molar-refractivity contribution >= 4 is 52.2 Å². The summed E-state index contributed by atoms with van der Waals surface area (Å²) in [6, 6.07) is 2.50. The van der Waals surface area contributed by atoms with Gasteiger partial charge in [0.05, 0.1) is 35.4 Å². The molecule has 15 heteroatoms. The molecule has 4 N–H and O–H groups in total. The maximum atomic E-state index is 14.6. The van der Waals surface area contributed by atoms with E-state index < -0.39 is 53.8 Å². The Morgan fingerprint density at radius 3 is 2.12 bits per heavy atom. The summed E-state index contributed by atoms with van der Waals surface area (Å²) in [5.41, 5.74) is -0.0221. The Bertz CT molecular complexity index is 1690. The van der Waals surface area contributed by atoms with Crippen LogP contribution in [0.1, 0.15) is 85.6 Å². The number of thioether (sulfide) groups is 1. The second-order valence-electron chi connectivity index (χ2n) is 16.4.